The molecule has 0 saturated carbocycles. The first-order valence-corrected chi connectivity index (χ1v) is 10.7. The Morgan fingerprint density at radius 3 is 2.66 bits per heavy atom. The Hall–Kier alpha value is -2.58. The Morgan fingerprint density at radius 2 is 2.00 bits per heavy atom. The van der Waals surface area contributed by atoms with E-state index in [1.165, 1.54) is 24.8 Å². The molecule has 1 N–H and O–H groups in total. The Bertz CT molecular complexity index is 860. The molecule has 1 aliphatic rings. The molecule has 1 unspecified atom stereocenters. The number of likely N-dealkylation sites (tertiary alicyclic amines) is 1. The van der Waals surface area contributed by atoms with Gasteiger partial charge in [-0.25, -0.2) is 0 Å². The largest absolute Gasteiger partial charge is 0.351 e. The SMILES string of the molecule is CC(C)c1ccc(-n2ccc(C#N)c2C(=O)NCCCN2CCCCC2C)cc1. The minimum atomic E-state index is -0.189. The Morgan fingerprint density at radius 1 is 1.24 bits per heavy atom. The van der Waals surface area contributed by atoms with E-state index in [0.717, 1.165) is 25.2 Å². The number of benzene rings is 1. The number of nitrogens with one attached hydrogen (secondary N) is 1. The van der Waals surface area contributed by atoms with Crippen LogP contribution in [0.1, 0.15) is 74.0 Å². The lowest BCUT2D eigenvalue weighted by Crippen LogP contribution is -2.39. The van der Waals surface area contributed by atoms with E-state index < -0.39 is 0 Å². The van der Waals surface area contributed by atoms with E-state index in [2.05, 4.69) is 49.2 Å². The number of nitriles is 1. The molecule has 5 heteroatoms. The molecule has 1 fully saturated rings. The van der Waals surface area contributed by atoms with Gasteiger partial charge in [-0.1, -0.05) is 32.4 Å². The minimum absolute atomic E-state index is 0.189. The third-order valence-electron chi connectivity index (χ3n) is 5.91. The highest BCUT2D eigenvalue weighted by Crippen LogP contribution is 2.21. The molecular formula is C24H32N4O. The second-order valence-corrected chi connectivity index (χ2v) is 8.30. The lowest BCUT2D eigenvalue weighted by molar-refractivity contribution is 0.0942. The fourth-order valence-corrected chi connectivity index (χ4v) is 4.05. The second-order valence-electron chi connectivity index (χ2n) is 8.30. The molecule has 1 aromatic heterocycles. The molecule has 0 spiro atoms. The number of carbonyl (C=O) groups is 1. The number of aromatic nitrogens is 1. The number of hydrogen-bond acceptors (Lipinski definition) is 3. The molecule has 5 nitrogen and oxygen atoms in total. The molecule has 2 heterocycles. The van der Waals surface area contributed by atoms with Gasteiger partial charge in [-0.05, 0) is 62.4 Å². The van der Waals surface area contributed by atoms with Crippen molar-refractivity contribution in [3.63, 3.8) is 0 Å². The fraction of sp³-hybridized carbons (Fsp3) is 0.500. The molecule has 0 bridgehead atoms. The highest BCUT2D eigenvalue weighted by molar-refractivity contribution is 5.95. The van der Waals surface area contributed by atoms with Gasteiger partial charge < -0.3 is 14.8 Å². The van der Waals surface area contributed by atoms with Crippen molar-refractivity contribution in [3.05, 3.63) is 53.3 Å². The topological polar surface area (TPSA) is 61.1 Å². The number of hydrogen-bond donors (Lipinski definition) is 1. The summed E-state index contributed by atoms with van der Waals surface area (Å²) in [4.78, 5) is 15.4. The Kier molecular flexibility index (Phi) is 7.11. The van der Waals surface area contributed by atoms with E-state index in [4.69, 9.17) is 0 Å². The van der Waals surface area contributed by atoms with E-state index in [-0.39, 0.29) is 5.91 Å². The summed E-state index contributed by atoms with van der Waals surface area (Å²) in [5.41, 5.74) is 2.96. The van der Waals surface area contributed by atoms with Crippen molar-refractivity contribution < 1.29 is 4.79 Å². The van der Waals surface area contributed by atoms with Crippen molar-refractivity contribution in [2.45, 2.75) is 58.4 Å². The summed E-state index contributed by atoms with van der Waals surface area (Å²) in [7, 11) is 0. The lowest BCUT2D eigenvalue weighted by Gasteiger charge is -2.33. The molecule has 0 radical (unpaired) electrons. The van der Waals surface area contributed by atoms with Gasteiger partial charge >= 0.3 is 0 Å². The van der Waals surface area contributed by atoms with Crippen LogP contribution in [-0.2, 0) is 0 Å². The monoisotopic (exact) mass is 392 g/mol. The highest BCUT2D eigenvalue weighted by atomic mass is 16.1. The van der Waals surface area contributed by atoms with Crippen LogP contribution < -0.4 is 5.32 Å². The number of nitrogens with zero attached hydrogens (tertiary/aromatic N) is 3. The van der Waals surface area contributed by atoms with Crippen LogP contribution >= 0.6 is 0 Å². The van der Waals surface area contributed by atoms with Crippen LogP contribution in [0.2, 0.25) is 0 Å². The third-order valence-corrected chi connectivity index (χ3v) is 5.91. The van der Waals surface area contributed by atoms with Crippen molar-refractivity contribution in [2.24, 2.45) is 0 Å². The van der Waals surface area contributed by atoms with Gasteiger partial charge in [-0.15, -0.1) is 0 Å². The van der Waals surface area contributed by atoms with E-state index >= 15 is 0 Å². The van der Waals surface area contributed by atoms with Gasteiger partial charge in [0, 0.05) is 31.0 Å². The molecular weight excluding hydrogens is 360 g/mol. The van der Waals surface area contributed by atoms with Crippen LogP contribution in [0.25, 0.3) is 5.69 Å². The number of amides is 1. The molecule has 1 aromatic carbocycles. The van der Waals surface area contributed by atoms with Crippen molar-refractivity contribution in [2.75, 3.05) is 19.6 Å². The van der Waals surface area contributed by atoms with Crippen LogP contribution in [-0.4, -0.2) is 41.1 Å². The van der Waals surface area contributed by atoms with Crippen molar-refractivity contribution in [3.8, 4) is 11.8 Å². The first-order valence-electron chi connectivity index (χ1n) is 10.7. The minimum Gasteiger partial charge on any atom is -0.351 e. The van der Waals surface area contributed by atoms with Gasteiger partial charge in [0.2, 0.25) is 0 Å². The van der Waals surface area contributed by atoms with Gasteiger partial charge in [0.1, 0.15) is 11.8 Å². The van der Waals surface area contributed by atoms with Gasteiger partial charge in [-0.2, -0.15) is 5.26 Å². The molecule has 2 aromatic rings. The normalized spacial score (nSPS) is 17.3. The van der Waals surface area contributed by atoms with Gasteiger partial charge in [-0.3, -0.25) is 4.79 Å². The summed E-state index contributed by atoms with van der Waals surface area (Å²) in [6.45, 7) is 9.37. The predicted molar refractivity (Wildman–Crippen MR) is 116 cm³/mol. The van der Waals surface area contributed by atoms with Gasteiger partial charge in [0.15, 0.2) is 0 Å². The first kappa shape index (κ1) is 21.1. The highest BCUT2D eigenvalue weighted by Gasteiger charge is 2.20. The summed E-state index contributed by atoms with van der Waals surface area (Å²) in [5, 5.41) is 12.5. The third kappa shape index (κ3) is 5.07. The van der Waals surface area contributed by atoms with E-state index in [0.29, 0.717) is 29.8 Å². The van der Waals surface area contributed by atoms with Crippen LogP contribution in [0.15, 0.2) is 36.5 Å². The maximum atomic E-state index is 12.9. The van der Waals surface area contributed by atoms with Crippen molar-refractivity contribution in [1.29, 1.82) is 5.26 Å². The molecule has 1 atom stereocenters. The van der Waals surface area contributed by atoms with Crippen LogP contribution in [0.5, 0.6) is 0 Å². The van der Waals surface area contributed by atoms with E-state index in [1.54, 1.807) is 12.3 Å². The summed E-state index contributed by atoms with van der Waals surface area (Å²) >= 11 is 0. The Labute approximate surface area is 174 Å². The molecule has 1 saturated heterocycles. The standard InChI is InChI=1S/C24H32N4O/c1-18(2)20-8-10-22(11-9-20)28-16-12-21(17-25)23(28)24(29)26-13-6-15-27-14-5-4-7-19(27)3/h8-12,16,18-19H,4-7,13-15H2,1-3H3,(H,26,29). The molecule has 1 aliphatic heterocycles. The maximum absolute atomic E-state index is 12.9. The zero-order chi connectivity index (χ0) is 20.8. The molecule has 29 heavy (non-hydrogen) atoms. The maximum Gasteiger partial charge on any atom is 0.269 e. The fourth-order valence-electron chi connectivity index (χ4n) is 4.05. The molecule has 1 amide bonds. The van der Waals surface area contributed by atoms with Crippen LogP contribution in [0.4, 0.5) is 0 Å². The second kappa shape index (κ2) is 9.76. The predicted octanol–water partition coefficient (Wildman–Crippen LogP) is 4.47. The van der Waals surface area contributed by atoms with Crippen LogP contribution in [0.3, 0.4) is 0 Å². The summed E-state index contributed by atoms with van der Waals surface area (Å²) < 4.78 is 1.81. The van der Waals surface area contributed by atoms with E-state index in [1.807, 2.05) is 16.7 Å². The van der Waals surface area contributed by atoms with Crippen LogP contribution in [0, 0.1) is 11.3 Å². The van der Waals surface area contributed by atoms with Gasteiger partial charge in [0.05, 0.1) is 5.56 Å². The smallest absolute Gasteiger partial charge is 0.269 e. The summed E-state index contributed by atoms with van der Waals surface area (Å²) in [6.07, 6.45) is 6.57. The Balaban J connectivity index is 1.65. The average molecular weight is 393 g/mol. The number of carbonyl (C=O) groups excluding carboxylic acids is 1. The molecule has 3 rings (SSSR count). The quantitative estimate of drug-likeness (QED) is 0.707. The van der Waals surface area contributed by atoms with Gasteiger partial charge in [0.25, 0.3) is 5.91 Å². The number of rotatable bonds is 7. The average Bonchev–Trinajstić information content (AvgIpc) is 3.16. The summed E-state index contributed by atoms with van der Waals surface area (Å²) in [6, 6.07) is 12.7. The lowest BCUT2D eigenvalue weighted by atomic mass is 10.0. The number of piperidine rings is 1. The molecule has 0 aliphatic carbocycles. The van der Waals surface area contributed by atoms with Crippen molar-refractivity contribution >= 4 is 5.91 Å². The first-order chi connectivity index (χ1) is 14.0. The molecule has 154 valence electrons. The van der Waals surface area contributed by atoms with E-state index in [9.17, 15) is 10.1 Å². The summed E-state index contributed by atoms with van der Waals surface area (Å²) in [5.74, 6) is 0.264. The zero-order valence-electron chi connectivity index (χ0n) is 17.8. The van der Waals surface area contributed by atoms with Crippen molar-refractivity contribution in [1.82, 2.24) is 14.8 Å². The zero-order valence-corrected chi connectivity index (χ0v) is 17.8.